The second-order valence-electron chi connectivity index (χ2n) is 7.81. The lowest BCUT2D eigenvalue weighted by molar-refractivity contribution is -0.137. The molecule has 0 saturated heterocycles. The molecule has 35 heavy (non-hydrogen) atoms. The van der Waals surface area contributed by atoms with Gasteiger partial charge in [-0.05, 0) is 54.6 Å². The highest BCUT2D eigenvalue weighted by Gasteiger charge is 2.30. The van der Waals surface area contributed by atoms with Crippen LogP contribution in [0.5, 0.6) is 0 Å². The van der Waals surface area contributed by atoms with E-state index in [0.717, 1.165) is 12.1 Å². The predicted molar refractivity (Wildman–Crippen MR) is 124 cm³/mol. The van der Waals surface area contributed by atoms with Crippen molar-refractivity contribution in [1.82, 2.24) is 34.7 Å². The maximum absolute atomic E-state index is 13.2. The Kier molecular flexibility index (Phi) is 4.58. The molecule has 0 aliphatic heterocycles. The van der Waals surface area contributed by atoms with E-state index in [-0.39, 0.29) is 11.4 Å². The van der Waals surface area contributed by atoms with E-state index in [4.69, 9.17) is 11.6 Å². The van der Waals surface area contributed by atoms with Crippen molar-refractivity contribution in [2.75, 3.05) is 0 Å². The van der Waals surface area contributed by atoms with Crippen molar-refractivity contribution >= 4 is 33.7 Å². The van der Waals surface area contributed by atoms with E-state index < -0.39 is 11.7 Å². The largest absolute Gasteiger partial charge is 0.416 e. The number of halogens is 4. The fourth-order valence-electron chi connectivity index (χ4n) is 4.02. The van der Waals surface area contributed by atoms with Gasteiger partial charge in [0.1, 0.15) is 5.52 Å². The maximum Gasteiger partial charge on any atom is 0.416 e. The van der Waals surface area contributed by atoms with Gasteiger partial charge >= 0.3 is 11.9 Å². The highest BCUT2D eigenvalue weighted by molar-refractivity contribution is 6.35. The molecule has 8 nitrogen and oxygen atoms in total. The fraction of sp³-hybridized carbons (Fsp3) is 0.0435. The predicted octanol–water partition coefficient (Wildman–Crippen LogP) is 5.12. The number of rotatable bonds is 3. The number of nitrogens with zero attached hydrogens (tertiary/aromatic N) is 5. The van der Waals surface area contributed by atoms with Crippen LogP contribution in [-0.2, 0) is 6.18 Å². The van der Waals surface area contributed by atoms with E-state index in [1.807, 2.05) is 0 Å². The lowest BCUT2D eigenvalue weighted by atomic mass is 10.1. The SMILES string of the molecule is O=c1[nH]c2ccc(-n3nnc4c(Cl)cc(-c5ccnn5-c5cccc(C(F)(F)F)c5)cc43)cc2[nH]1. The van der Waals surface area contributed by atoms with Crippen molar-refractivity contribution in [2.24, 2.45) is 0 Å². The number of fused-ring (bicyclic) bond motifs is 2. The van der Waals surface area contributed by atoms with Gasteiger partial charge in [-0.1, -0.05) is 22.9 Å². The lowest BCUT2D eigenvalue weighted by Crippen LogP contribution is -2.07. The number of aromatic amines is 2. The molecule has 0 saturated carbocycles. The Bertz CT molecular complexity index is 1790. The molecule has 12 heteroatoms. The van der Waals surface area contributed by atoms with Gasteiger partial charge in [-0.2, -0.15) is 18.3 Å². The Labute approximate surface area is 198 Å². The molecule has 0 spiro atoms. The topological polar surface area (TPSA) is 97.2 Å². The van der Waals surface area contributed by atoms with E-state index in [1.165, 1.54) is 16.9 Å². The van der Waals surface area contributed by atoms with Crippen molar-refractivity contribution in [1.29, 1.82) is 0 Å². The van der Waals surface area contributed by atoms with Gasteiger partial charge in [0.2, 0.25) is 0 Å². The fourth-order valence-corrected chi connectivity index (χ4v) is 4.27. The summed E-state index contributed by atoms with van der Waals surface area (Å²) >= 11 is 6.51. The zero-order valence-electron chi connectivity index (χ0n) is 17.5. The Balaban J connectivity index is 1.50. The summed E-state index contributed by atoms with van der Waals surface area (Å²) < 4.78 is 42.7. The molecule has 0 bridgehead atoms. The van der Waals surface area contributed by atoms with Crippen molar-refractivity contribution in [2.45, 2.75) is 6.18 Å². The van der Waals surface area contributed by atoms with Crippen LogP contribution in [0.15, 0.2) is 71.7 Å². The maximum atomic E-state index is 13.2. The second-order valence-corrected chi connectivity index (χ2v) is 8.22. The van der Waals surface area contributed by atoms with Crippen molar-refractivity contribution in [3.05, 3.63) is 87.9 Å². The Hall–Kier alpha value is -4.38. The lowest BCUT2D eigenvalue weighted by Gasteiger charge is -2.12. The summed E-state index contributed by atoms with van der Waals surface area (Å²) in [5.41, 5.74) is 3.19. The van der Waals surface area contributed by atoms with E-state index in [1.54, 1.807) is 47.1 Å². The molecule has 0 atom stereocenters. The average molecular weight is 496 g/mol. The molecule has 0 amide bonds. The molecule has 0 fully saturated rings. The van der Waals surface area contributed by atoms with Crippen LogP contribution in [0.1, 0.15) is 5.56 Å². The van der Waals surface area contributed by atoms with Crippen LogP contribution in [-0.4, -0.2) is 34.7 Å². The number of hydrogen-bond donors (Lipinski definition) is 2. The molecule has 6 rings (SSSR count). The molecule has 3 aromatic carbocycles. The molecule has 0 aliphatic carbocycles. The number of benzene rings is 3. The summed E-state index contributed by atoms with van der Waals surface area (Å²) in [7, 11) is 0. The van der Waals surface area contributed by atoms with Gasteiger partial charge in [0.05, 0.1) is 50.4 Å². The van der Waals surface area contributed by atoms with E-state index in [0.29, 0.717) is 44.0 Å². The molecule has 0 unspecified atom stereocenters. The first-order valence-electron chi connectivity index (χ1n) is 10.3. The van der Waals surface area contributed by atoms with Crippen molar-refractivity contribution in [3.63, 3.8) is 0 Å². The molecule has 3 heterocycles. The molecular formula is C23H13ClF3N7O. The number of imidazole rings is 1. The number of hydrogen-bond acceptors (Lipinski definition) is 4. The van der Waals surface area contributed by atoms with Crippen molar-refractivity contribution in [3.8, 4) is 22.6 Å². The third-order valence-electron chi connectivity index (χ3n) is 5.61. The Morgan fingerprint density at radius 2 is 1.69 bits per heavy atom. The minimum Gasteiger partial charge on any atom is -0.306 e. The van der Waals surface area contributed by atoms with Crippen LogP contribution < -0.4 is 5.69 Å². The van der Waals surface area contributed by atoms with E-state index in [2.05, 4.69) is 25.4 Å². The monoisotopic (exact) mass is 495 g/mol. The molecule has 0 aliphatic rings. The standard InChI is InChI=1S/C23H13ClF3N7O/c24-16-8-12(19-6-7-28-33(19)14-3-1-2-13(10-14)23(25,26)27)9-20-21(16)31-32-34(20)15-4-5-17-18(11-15)30-22(35)29-17/h1-11H,(H2,29,30,35). The summed E-state index contributed by atoms with van der Waals surface area (Å²) in [6.07, 6.45) is -2.98. The normalized spacial score (nSPS) is 12.1. The highest BCUT2D eigenvalue weighted by atomic mass is 35.5. The van der Waals surface area contributed by atoms with Crippen LogP contribution >= 0.6 is 11.6 Å². The van der Waals surface area contributed by atoms with Crippen LogP contribution in [0.4, 0.5) is 13.2 Å². The summed E-state index contributed by atoms with van der Waals surface area (Å²) in [5, 5.41) is 12.9. The van der Waals surface area contributed by atoms with Crippen LogP contribution in [0.2, 0.25) is 5.02 Å². The molecule has 3 aromatic heterocycles. The van der Waals surface area contributed by atoms with E-state index >= 15 is 0 Å². The van der Waals surface area contributed by atoms with Gasteiger partial charge in [-0.3, -0.25) is 0 Å². The van der Waals surface area contributed by atoms with Gasteiger partial charge < -0.3 is 9.97 Å². The minimum atomic E-state index is -4.48. The Morgan fingerprint density at radius 3 is 2.51 bits per heavy atom. The Morgan fingerprint density at radius 1 is 0.886 bits per heavy atom. The summed E-state index contributed by atoms with van der Waals surface area (Å²) in [6.45, 7) is 0. The summed E-state index contributed by atoms with van der Waals surface area (Å²) in [5.74, 6) is 0. The summed E-state index contributed by atoms with van der Waals surface area (Å²) in [4.78, 5) is 17.0. The molecule has 0 radical (unpaired) electrons. The smallest absolute Gasteiger partial charge is 0.306 e. The van der Waals surface area contributed by atoms with Crippen LogP contribution in [0.3, 0.4) is 0 Å². The number of alkyl halides is 3. The van der Waals surface area contributed by atoms with Gasteiger partial charge in [-0.25, -0.2) is 14.2 Å². The summed E-state index contributed by atoms with van der Waals surface area (Å²) in [6, 6.07) is 15.3. The highest BCUT2D eigenvalue weighted by Crippen LogP contribution is 2.34. The molecule has 6 aromatic rings. The average Bonchev–Trinajstić information content (AvgIpc) is 3.55. The minimum absolute atomic E-state index is 0.254. The third-order valence-corrected chi connectivity index (χ3v) is 5.89. The first kappa shape index (κ1) is 21.2. The van der Waals surface area contributed by atoms with Crippen LogP contribution in [0.25, 0.3) is 44.7 Å². The van der Waals surface area contributed by atoms with Gasteiger partial charge in [0.25, 0.3) is 0 Å². The molecular weight excluding hydrogens is 483 g/mol. The number of aromatic nitrogens is 7. The molecule has 2 N–H and O–H groups in total. The zero-order chi connectivity index (χ0) is 24.3. The van der Waals surface area contributed by atoms with Gasteiger partial charge in [0.15, 0.2) is 0 Å². The zero-order valence-corrected chi connectivity index (χ0v) is 18.3. The third kappa shape index (κ3) is 3.56. The van der Waals surface area contributed by atoms with E-state index in [9.17, 15) is 18.0 Å². The number of H-pyrrole nitrogens is 2. The van der Waals surface area contributed by atoms with Gasteiger partial charge in [-0.15, -0.1) is 5.10 Å². The first-order valence-corrected chi connectivity index (χ1v) is 10.7. The second kappa shape index (κ2) is 7.57. The van der Waals surface area contributed by atoms with Crippen molar-refractivity contribution < 1.29 is 13.2 Å². The first-order chi connectivity index (χ1) is 16.8. The van der Waals surface area contributed by atoms with Gasteiger partial charge in [0, 0.05) is 5.56 Å². The number of nitrogens with one attached hydrogen (secondary N) is 2. The van der Waals surface area contributed by atoms with Crippen LogP contribution in [0, 0.1) is 0 Å². The molecule has 174 valence electrons. The quantitative estimate of drug-likeness (QED) is 0.356.